The van der Waals surface area contributed by atoms with Gasteiger partial charge in [-0.1, -0.05) is 0 Å². The Balaban J connectivity index is 3.03. The molecule has 1 unspecified atom stereocenters. The molecule has 0 aliphatic rings. The van der Waals surface area contributed by atoms with Gasteiger partial charge in [0.05, 0.1) is 17.2 Å². The van der Waals surface area contributed by atoms with Crippen molar-refractivity contribution in [2.45, 2.75) is 18.6 Å². The number of halogens is 3. The molecule has 0 aliphatic carbocycles. The van der Waals surface area contributed by atoms with Crippen molar-refractivity contribution in [3.63, 3.8) is 0 Å². The van der Waals surface area contributed by atoms with Gasteiger partial charge in [0, 0.05) is 25.8 Å². The predicted octanol–water partition coefficient (Wildman–Crippen LogP) is 2.48. The van der Waals surface area contributed by atoms with Crippen molar-refractivity contribution in [1.82, 2.24) is 0 Å². The molecule has 0 bridgehead atoms. The summed E-state index contributed by atoms with van der Waals surface area (Å²) in [6.07, 6.45) is -4.60. The van der Waals surface area contributed by atoms with E-state index in [0.717, 1.165) is 12.1 Å². The second kappa shape index (κ2) is 6.95. The molecule has 114 valence electrons. The number of hydrogen-bond donors (Lipinski definition) is 2. The molecule has 0 spiro atoms. The number of ether oxygens (including phenoxy) is 1. The molecule has 0 amide bonds. The molecule has 5 nitrogen and oxygen atoms in total. The Labute approximate surface area is 118 Å². The monoisotopic (exact) mass is 302 g/mol. The van der Waals surface area contributed by atoms with E-state index in [9.17, 15) is 18.0 Å². The van der Waals surface area contributed by atoms with Gasteiger partial charge in [-0.2, -0.15) is 18.4 Å². The van der Waals surface area contributed by atoms with Crippen molar-refractivity contribution in [1.29, 1.82) is 5.26 Å². The fourth-order valence-corrected chi connectivity index (χ4v) is 1.66. The molecule has 0 radical (unpaired) electrons. The summed E-state index contributed by atoms with van der Waals surface area (Å²) in [6, 6.07) is 3.33. The number of nitriles is 1. The normalized spacial score (nSPS) is 12.5. The van der Waals surface area contributed by atoms with E-state index in [1.165, 1.54) is 19.2 Å². The lowest BCUT2D eigenvalue weighted by atomic mass is 10.1. The number of rotatable bonds is 6. The summed E-state index contributed by atoms with van der Waals surface area (Å²) >= 11 is 0. The zero-order valence-corrected chi connectivity index (χ0v) is 11.1. The van der Waals surface area contributed by atoms with Gasteiger partial charge in [-0.15, -0.1) is 0 Å². The Kier molecular flexibility index (Phi) is 5.55. The van der Waals surface area contributed by atoms with E-state index in [1.54, 1.807) is 0 Å². The van der Waals surface area contributed by atoms with Crippen LogP contribution >= 0.6 is 0 Å². The van der Waals surface area contributed by atoms with Gasteiger partial charge in [0.1, 0.15) is 6.04 Å². The molecular formula is C13H13F3N2O3. The first-order valence-electron chi connectivity index (χ1n) is 5.89. The van der Waals surface area contributed by atoms with Crippen LogP contribution in [0.3, 0.4) is 0 Å². The number of hydrogen-bond acceptors (Lipinski definition) is 4. The van der Waals surface area contributed by atoms with Crippen LogP contribution in [0.1, 0.15) is 17.5 Å². The maximum Gasteiger partial charge on any atom is 0.417 e. The Morgan fingerprint density at radius 3 is 2.67 bits per heavy atom. The van der Waals surface area contributed by atoms with Crippen molar-refractivity contribution in [2.24, 2.45) is 0 Å². The van der Waals surface area contributed by atoms with Gasteiger partial charge < -0.3 is 15.2 Å². The van der Waals surface area contributed by atoms with Gasteiger partial charge in [-0.3, -0.25) is 0 Å². The topological polar surface area (TPSA) is 82.3 Å². The Morgan fingerprint density at radius 2 is 2.19 bits per heavy atom. The average molecular weight is 302 g/mol. The standard InChI is InChI=1S/C13H13F3N2O3/c1-21-5-4-11(12(19)20)18-9-3-2-8(7-17)10(6-9)13(14,15)16/h2-3,6,11,18H,4-5H2,1H3,(H,19,20). The second-order valence-electron chi connectivity index (χ2n) is 4.19. The highest BCUT2D eigenvalue weighted by Crippen LogP contribution is 2.33. The Bertz CT molecular complexity index is 553. The number of benzene rings is 1. The number of carboxylic acid groups (broad SMARTS) is 1. The predicted molar refractivity (Wildman–Crippen MR) is 67.7 cm³/mol. The van der Waals surface area contributed by atoms with Crippen LogP contribution in [0.15, 0.2) is 18.2 Å². The van der Waals surface area contributed by atoms with Gasteiger partial charge in [-0.05, 0) is 18.2 Å². The van der Waals surface area contributed by atoms with Crippen LogP contribution in [0.4, 0.5) is 18.9 Å². The van der Waals surface area contributed by atoms with Crippen molar-refractivity contribution in [3.05, 3.63) is 29.3 Å². The molecule has 2 N–H and O–H groups in total. The molecule has 21 heavy (non-hydrogen) atoms. The molecule has 1 atom stereocenters. The summed E-state index contributed by atoms with van der Waals surface area (Å²) in [4.78, 5) is 11.0. The van der Waals surface area contributed by atoms with E-state index in [4.69, 9.17) is 15.1 Å². The summed E-state index contributed by atoms with van der Waals surface area (Å²) in [5, 5.41) is 20.2. The van der Waals surface area contributed by atoms with Crippen LogP contribution in [-0.4, -0.2) is 30.8 Å². The van der Waals surface area contributed by atoms with Gasteiger partial charge in [0.15, 0.2) is 0 Å². The lowest BCUT2D eigenvalue weighted by Gasteiger charge is -2.17. The number of carbonyl (C=O) groups is 1. The third kappa shape index (κ3) is 4.65. The zero-order valence-electron chi connectivity index (χ0n) is 11.1. The molecule has 1 aromatic rings. The molecule has 0 heterocycles. The number of methoxy groups -OCH3 is 1. The SMILES string of the molecule is COCCC(Nc1ccc(C#N)c(C(F)(F)F)c1)C(=O)O. The minimum absolute atomic E-state index is 0.0233. The number of carboxylic acids is 1. The minimum Gasteiger partial charge on any atom is -0.480 e. The number of alkyl halides is 3. The van der Waals surface area contributed by atoms with E-state index in [0.29, 0.717) is 0 Å². The minimum atomic E-state index is -4.69. The first kappa shape index (κ1) is 16.8. The first-order chi connectivity index (χ1) is 9.79. The lowest BCUT2D eigenvalue weighted by Crippen LogP contribution is -2.30. The Hall–Kier alpha value is -2.27. The third-order valence-corrected chi connectivity index (χ3v) is 2.70. The van der Waals surface area contributed by atoms with E-state index in [2.05, 4.69) is 5.32 Å². The molecule has 0 saturated heterocycles. The molecule has 1 rings (SSSR count). The van der Waals surface area contributed by atoms with Crippen LogP contribution in [0, 0.1) is 11.3 Å². The highest BCUT2D eigenvalue weighted by atomic mass is 19.4. The third-order valence-electron chi connectivity index (χ3n) is 2.70. The highest BCUT2D eigenvalue weighted by molar-refractivity contribution is 5.77. The molecule has 0 fully saturated rings. The van der Waals surface area contributed by atoms with Crippen LogP contribution in [-0.2, 0) is 15.7 Å². The molecule has 0 aliphatic heterocycles. The summed E-state index contributed by atoms with van der Waals surface area (Å²) in [7, 11) is 1.39. The van der Waals surface area contributed by atoms with E-state index >= 15 is 0 Å². The van der Waals surface area contributed by atoms with Gasteiger partial charge >= 0.3 is 12.1 Å². The summed E-state index contributed by atoms with van der Waals surface area (Å²) in [6.45, 7) is 0.145. The molecule has 0 aromatic heterocycles. The highest BCUT2D eigenvalue weighted by Gasteiger charge is 2.34. The number of nitrogens with zero attached hydrogens (tertiary/aromatic N) is 1. The number of nitrogens with one attached hydrogen (secondary N) is 1. The van der Waals surface area contributed by atoms with Gasteiger partial charge in [-0.25, -0.2) is 4.79 Å². The quantitative estimate of drug-likeness (QED) is 0.843. The zero-order chi connectivity index (χ0) is 16.0. The summed E-state index contributed by atoms with van der Waals surface area (Å²) in [5.74, 6) is -1.20. The van der Waals surface area contributed by atoms with Crippen LogP contribution in [0.2, 0.25) is 0 Å². The van der Waals surface area contributed by atoms with E-state index in [1.807, 2.05) is 0 Å². The lowest BCUT2D eigenvalue weighted by molar-refractivity contribution is -0.138. The summed E-state index contributed by atoms with van der Waals surface area (Å²) in [5.41, 5.74) is -1.65. The maximum absolute atomic E-state index is 12.8. The molecule has 8 heteroatoms. The van der Waals surface area contributed by atoms with Crippen molar-refractivity contribution in [2.75, 3.05) is 19.0 Å². The fourth-order valence-electron chi connectivity index (χ4n) is 1.66. The number of aliphatic carboxylic acids is 1. The molecular weight excluding hydrogens is 289 g/mol. The van der Waals surface area contributed by atoms with Crippen molar-refractivity contribution >= 4 is 11.7 Å². The Morgan fingerprint density at radius 1 is 1.52 bits per heavy atom. The smallest absolute Gasteiger partial charge is 0.417 e. The number of anilines is 1. The summed E-state index contributed by atoms with van der Waals surface area (Å²) < 4.78 is 43.1. The van der Waals surface area contributed by atoms with Crippen LogP contribution in [0.5, 0.6) is 0 Å². The van der Waals surface area contributed by atoms with Crippen LogP contribution in [0.25, 0.3) is 0 Å². The average Bonchev–Trinajstić information content (AvgIpc) is 2.42. The van der Waals surface area contributed by atoms with E-state index < -0.39 is 29.3 Å². The maximum atomic E-state index is 12.8. The largest absolute Gasteiger partial charge is 0.480 e. The fraction of sp³-hybridized carbons (Fsp3) is 0.385. The first-order valence-corrected chi connectivity index (χ1v) is 5.89. The second-order valence-corrected chi connectivity index (χ2v) is 4.19. The van der Waals surface area contributed by atoms with Crippen LogP contribution < -0.4 is 5.32 Å². The van der Waals surface area contributed by atoms with Crippen molar-refractivity contribution in [3.8, 4) is 6.07 Å². The molecule has 1 aromatic carbocycles. The molecule has 0 saturated carbocycles. The van der Waals surface area contributed by atoms with Gasteiger partial charge in [0.2, 0.25) is 0 Å². The van der Waals surface area contributed by atoms with Crippen molar-refractivity contribution < 1.29 is 27.8 Å². The van der Waals surface area contributed by atoms with Gasteiger partial charge in [0.25, 0.3) is 0 Å². The van der Waals surface area contributed by atoms with E-state index in [-0.39, 0.29) is 18.7 Å².